The standard InChI is InChI=1S/C8H12O/c1-2-4-8-5-3-6-9-7-8/h1,8H,3-7H2. The van der Waals surface area contributed by atoms with Crippen molar-refractivity contribution in [2.24, 2.45) is 5.92 Å². The smallest absolute Gasteiger partial charge is 0.0503 e. The Bertz CT molecular complexity index is 106. The number of ether oxygens (including phenoxy) is 1. The highest BCUT2D eigenvalue weighted by Gasteiger charge is 2.11. The summed E-state index contributed by atoms with van der Waals surface area (Å²) in [5.74, 6) is 3.30. The van der Waals surface area contributed by atoms with E-state index in [4.69, 9.17) is 11.2 Å². The highest BCUT2D eigenvalue weighted by Crippen LogP contribution is 2.15. The van der Waals surface area contributed by atoms with E-state index in [9.17, 15) is 0 Å². The fraction of sp³-hybridized carbons (Fsp3) is 0.750. The Morgan fingerprint density at radius 1 is 1.67 bits per heavy atom. The maximum absolute atomic E-state index is 5.24. The van der Waals surface area contributed by atoms with Crippen molar-refractivity contribution >= 4 is 0 Å². The zero-order valence-electron chi connectivity index (χ0n) is 5.60. The highest BCUT2D eigenvalue weighted by atomic mass is 16.5. The first-order valence-electron chi connectivity index (χ1n) is 3.44. The molecule has 1 saturated heterocycles. The fourth-order valence-electron chi connectivity index (χ4n) is 1.14. The Morgan fingerprint density at radius 2 is 2.56 bits per heavy atom. The lowest BCUT2D eigenvalue weighted by Gasteiger charge is -2.19. The van der Waals surface area contributed by atoms with Crippen molar-refractivity contribution in [2.75, 3.05) is 13.2 Å². The minimum Gasteiger partial charge on any atom is -0.381 e. The van der Waals surface area contributed by atoms with Gasteiger partial charge in [-0.05, 0) is 18.8 Å². The first kappa shape index (κ1) is 6.64. The molecule has 1 fully saturated rings. The Labute approximate surface area is 56.4 Å². The molecule has 0 N–H and O–H groups in total. The molecule has 1 nitrogen and oxygen atoms in total. The molecule has 0 aliphatic carbocycles. The van der Waals surface area contributed by atoms with Crippen molar-refractivity contribution in [3.63, 3.8) is 0 Å². The second-order valence-corrected chi connectivity index (χ2v) is 2.49. The number of hydrogen-bond acceptors (Lipinski definition) is 1. The number of rotatable bonds is 1. The van der Waals surface area contributed by atoms with Gasteiger partial charge >= 0.3 is 0 Å². The molecule has 50 valence electrons. The van der Waals surface area contributed by atoms with Crippen molar-refractivity contribution in [2.45, 2.75) is 19.3 Å². The fourth-order valence-corrected chi connectivity index (χ4v) is 1.14. The molecule has 1 heterocycles. The molecule has 1 atom stereocenters. The van der Waals surface area contributed by atoms with Gasteiger partial charge in [0.2, 0.25) is 0 Å². The zero-order chi connectivity index (χ0) is 6.53. The topological polar surface area (TPSA) is 9.23 Å². The van der Waals surface area contributed by atoms with E-state index in [2.05, 4.69) is 5.92 Å². The quantitative estimate of drug-likeness (QED) is 0.480. The summed E-state index contributed by atoms with van der Waals surface area (Å²) < 4.78 is 5.24. The zero-order valence-corrected chi connectivity index (χ0v) is 5.60. The summed E-state index contributed by atoms with van der Waals surface area (Å²) in [7, 11) is 0. The SMILES string of the molecule is C#CCC1CCCOC1. The number of hydrogen-bond donors (Lipinski definition) is 0. The monoisotopic (exact) mass is 124 g/mol. The lowest BCUT2D eigenvalue weighted by molar-refractivity contribution is 0.0567. The van der Waals surface area contributed by atoms with Crippen LogP contribution in [0.3, 0.4) is 0 Å². The van der Waals surface area contributed by atoms with Gasteiger partial charge in [0.1, 0.15) is 0 Å². The van der Waals surface area contributed by atoms with E-state index >= 15 is 0 Å². The third kappa shape index (κ3) is 2.07. The molecule has 0 aromatic heterocycles. The molecule has 0 aromatic rings. The van der Waals surface area contributed by atoms with Crippen molar-refractivity contribution < 1.29 is 4.74 Å². The molecule has 1 rings (SSSR count). The van der Waals surface area contributed by atoms with Gasteiger partial charge in [0.15, 0.2) is 0 Å². The highest BCUT2D eigenvalue weighted by molar-refractivity contribution is 4.87. The maximum Gasteiger partial charge on any atom is 0.0503 e. The summed E-state index contributed by atoms with van der Waals surface area (Å²) in [6, 6.07) is 0. The molecule has 0 aromatic carbocycles. The van der Waals surface area contributed by atoms with Gasteiger partial charge in [-0.1, -0.05) is 0 Å². The summed E-state index contributed by atoms with van der Waals surface area (Å²) >= 11 is 0. The van der Waals surface area contributed by atoms with Crippen LogP contribution < -0.4 is 0 Å². The van der Waals surface area contributed by atoms with Crippen molar-refractivity contribution in [1.82, 2.24) is 0 Å². The molecule has 1 heteroatoms. The molecule has 0 spiro atoms. The predicted molar refractivity (Wildman–Crippen MR) is 37.0 cm³/mol. The molecule has 0 bridgehead atoms. The van der Waals surface area contributed by atoms with Crippen LogP contribution in [0.2, 0.25) is 0 Å². The lowest BCUT2D eigenvalue weighted by Crippen LogP contribution is -2.16. The molecular formula is C8H12O. The van der Waals surface area contributed by atoms with E-state index in [0.717, 1.165) is 19.6 Å². The normalized spacial score (nSPS) is 27.2. The molecule has 1 aliphatic rings. The second-order valence-electron chi connectivity index (χ2n) is 2.49. The van der Waals surface area contributed by atoms with Crippen LogP contribution in [0, 0.1) is 18.3 Å². The van der Waals surface area contributed by atoms with Gasteiger partial charge in [0.25, 0.3) is 0 Å². The Kier molecular flexibility index (Phi) is 2.60. The average Bonchev–Trinajstić information content (AvgIpc) is 1.91. The van der Waals surface area contributed by atoms with Crippen LogP contribution in [0.15, 0.2) is 0 Å². The average molecular weight is 124 g/mol. The summed E-state index contributed by atoms with van der Waals surface area (Å²) in [5.41, 5.74) is 0. The van der Waals surface area contributed by atoms with Gasteiger partial charge in [-0.15, -0.1) is 12.3 Å². The van der Waals surface area contributed by atoms with Crippen LogP contribution in [0.1, 0.15) is 19.3 Å². The first-order chi connectivity index (χ1) is 4.43. The molecule has 0 radical (unpaired) electrons. The third-order valence-corrected chi connectivity index (χ3v) is 1.66. The van der Waals surface area contributed by atoms with E-state index in [-0.39, 0.29) is 0 Å². The molecule has 0 saturated carbocycles. The van der Waals surface area contributed by atoms with Gasteiger partial charge in [0, 0.05) is 13.0 Å². The van der Waals surface area contributed by atoms with E-state index in [1.165, 1.54) is 12.8 Å². The van der Waals surface area contributed by atoms with Crippen LogP contribution in [0.25, 0.3) is 0 Å². The molecule has 1 aliphatic heterocycles. The van der Waals surface area contributed by atoms with E-state index in [1.807, 2.05) is 0 Å². The largest absolute Gasteiger partial charge is 0.381 e. The lowest BCUT2D eigenvalue weighted by atomic mass is 9.99. The van der Waals surface area contributed by atoms with Crippen molar-refractivity contribution in [3.8, 4) is 12.3 Å². The molecule has 0 amide bonds. The Hall–Kier alpha value is -0.480. The van der Waals surface area contributed by atoms with Crippen molar-refractivity contribution in [1.29, 1.82) is 0 Å². The Balaban J connectivity index is 2.17. The summed E-state index contributed by atoms with van der Waals surface area (Å²) in [6.45, 7) is 1.81. The van der Waals surface area contributed by atoms with E-state index in [0.29, 0.717) is 5.92 Å². The summed E-state index contributed by atoms with van der Waals surface area (Å²) in [5, 5.41) is 0. The van der Waals surface area contributed by atoms with Crippen LogP contribution in [0.4, 0.5) is 0 Å². The van der Waals surface area contributed by atoms with Crippen LogP contribution in [-0.4, -0.2) is 13.2 Å². The molecule has 1 unspecified atom stereocenters. The van der Waals surface area contributed by atoms with Crippen LogP contribution >= 0.6 is 0 Å². The first-order valence-corrected chi connectivity index (χ1v) is 3.44. The van der Waals surface area contributed by atoms with Crippen molar-refractivity contribution in [3.05, 3.63) is 0 Å². The summed E-state index contributed by atoms with van der Waals surface area (Å²) in [4.78, 5) is 0. The van der Waals surface area contributed by atoms with E-state index < -0.39 is 0 Å². The summed E-state index contributed by atoms with van der Waals surface area (Å²) in [6.07, 6.45) is 8.48. The van der Waals surface area contributed by atoms with Crippen LogP contribution in [-0.2, 0) is 4.74 Å². The van der Waals surface area contributed by atoms with Gasteiger partial charge in [-0.3, -0.25) is 0 Å². The minimum atomic E-state index is 0.642. The molecule has 9 heavy (non-hydrogen) atoms. The number of terminal acetylenes is 1. The van der Waals surface area contributed by atoms with E-state index in [1.54, 1.807) is 0 Å². The van der Waals surface area contributed by atoms with Gasteiger partial charge < -0.3 is 4.74 Å². The maximum atomic E-state index is 5.24. The second kappa shape index (κ2) is 3.53. The minimum absolute atomic E-state index is 0.642. The third-order valence-electron chi connectivity index (χ3n) is 1.66. The molecular weight excluding hydrogens is 112 g/mol. The van der Waals surface area contributed by atoms with Gasteiger partial charge in [-0.2, -0.15) is 0 Å². The predicted octanol–water partition coefficient (Wildman–Crippen LogP) is 1.44. The van der Waals surface area contributed by atoms with Gasteiger partial charge in [-0.25, -0.2) is 0 Å². The van der Waals surface area contributed by atoms with Gasteiger partial charge in [0.05, 0.1) is 6.61 Å². The van der Waals surface area contributed by atoms with Crippen LogP contribution in [0.5, 0.6) is 0 Å². The Morgan fingerprint density at radius 3 is 3.11 bits per heavy atom.